The molecule has 0 radical (unpaired) electrons. The summed E-state index contributed by atoms with van der Waals surface area (Å²) in [6, 6.07) is 4.33. The zero-order valence-corrected chi connectivity index (χ0v) is 12.6. The van der Waals surface area contributed by atoms with E-state index in [1.165, 1.54) is 58.0 Å². The largest absolute Gasteiger partial charge is 0.357 e. The van der Waals surface area contributed by atoms with E-state index in [9.17, 15) is 0 Å². The van der Waals surface area contributed by atoms with Crippen molar-refractivity contribution in [1.29, 1.82) is 0 Å². The van der Waals surface area contributed by atoms with Crippen LogP contribution < -0.4 is 10.6 Å². The molecule has 0 bridgehead atoms. The third-order valence-electron chi connectivity index (χ3n) is 5.36. The Kier molecular flexibility index (Phi) is 3.97. The zero-order chi connectivity index (χ0) is 14.0. The lowest BCUT2D eigenvalue weighted by molar-refractivity contribution is 0.144. The monoisotopic (exact) mass is 273 g/mol. The van der Waals surface area contributed by atoms with E-state index in [0.717, 1.165) is 11.4 Å². The third kappa shape index (κ3) is 2.83. The van der Waals surface area contributed by atoms with Crippen LogP contribution in [0.1, 0.15) is 63.5 Å². The molecule has 20 heavy (non-hydrogen) atoms. The van der Waals surface area contributed by atoms with Gasteiger partial charge in [-0.3, -0.25) is 0 Å². The number of hydrogen-bond acceptors (Lipinski definition) is 3. The molecule has 0 amide bonds. The number of hydrogen-bond donors (Lipinski definition) is 1. The smallest absolute Gasteiger partial charge is 0.128 e. The van der Waals surface area contributed by atoms with Gasteiger partial charge in [0.1, 0.15) is 5.82 Å². The van der Waals surface area contributed by atoms with Crippen molar-refractivity contribution in [2.75, 3.05) is 18.0 Å². The number of rotatable bonds is 2. The Morgan fingerprint density at radius 3 is 2.35 bits per heavy atom. The second kappa shape index (κ2) is 5.72. The molecule has 3 rings (SSSR count). The first-order chi connectivity index (χ1) is 9.69. The minimum Gasteiger partial charge on any atom is -0.357 e. The molecular formula is C17H27N3. The molecule has 1 saturated heterocycles. The van der Waals surface area contributed by atoms with Crippen LogP contribution in [0.25, 0.3) is 0 Å². The summed E-state index contributed by atoms with van der Waals surface area (Å²) in [6.07, 6.45) is 11.9. The molecule has 1 saturated carbocycles. The standard InChI is InChI=1S/C17H27N3/c1-14(18)15-5-6-16(19-13-15)20-11-9-17(10-12-20)7-3-2-4-8-17/h5-6,13-14H,2-4,7-12,18H2,1H3/t14-/m1/s1. The summed E-state index contributed by atoms with van der Waals surface area (Å²) < 4.78 is 0. The van der Waals surface area contributed by atoms with E-state index in [-0.39, 0.29) is 6.04 Å². The molecule has 1 atom stereocenters. The highest BCUT2D eigenvalue weighted by molar-refractivity contribution is 5.40. The molecule has 2 fully saturated rings. The van der Waals surface area contributed by atoms with E-state index in [2.05, 4.69) is 22.0 Å². The lowest BCUT2D eigenvalue weighted by Crippen LogP contribution is -2.41. The Labute approximate surface area is 122 Å². The fraction of sp³-hybridized carbons (Fsp3) is 0.706. The maximum absolute atomic E-state index is 5.88. The average Bonchev–Trinajstić information content (AvgIpc) is 2.49. The first kappa shape index (κ1) is 13.9. The summed E-state index contributed by atoms with van der Waals surface area (Å²) in [7, 11) is 0. The van der Waals surface area contributed by atoms with Crippen molar-refractivity contribution in [2.45, 2.75) is 57.9 Å². The van der Waals surface area contributed by atoms with Crippen LogP contribution in [0, 0.1) is 5.41 Å². The summed E-state index contributed by atoms with van der Waals surface area (Å²) in [6.45, 7) is 4.35. The van der Waals surface area contributed by atoms with Gasteiger partial charge in [0, 0.05) is 25.3 Å². The number of pyridine rings is 1. The first-order valence-electron chi connectivity index (χ1n) is 8.15. The molecule has 0 aromatic carbocycles. The van der Waals surface area contributed by atoms with E-state index in [0.29, 0.717) is 5.41 Å². The van der Waals surface area contributed by atoms with Gasteiger partial charge in [0.15, 0.2) is 0 Å². The van der Waals surface area contributed by atoms with Crippen molar-refractivity contribution in [1.82, 2.24) is 4.98 Å². The van der Waals surface area contributed by atoms with Crippen LogP contribution in [0.2, 0.25) is 0 Å². The zero-order valence-electron chi connectivity index (χ0n) is 12.6. The van der Waals surface area contributed by atoms with E-state index >= 15 is 0 Å². The lowest BCUT2D eigenvalue weighted by atomic mass is 9.68. The van der Waals surface area contributed by atoms with Crippen LogP contribution in [0.3, 0.4) is 0 Å². The molecular weight excluding hydrogens is 246 g/mol. The summed E-state index contributed by atoms with van der Waals surface area (Å²) in [5.41, 5.74) is 7.67. The normalized spacial score (nSPS) is 23.8. The fourth-order valence-electron chi connectivity index (χ4n) is 3.87. The number of piperidine rings is 1. The minimum atomic E-state index is 0.0726. The van der Waals surface area contributed by atoms with Gasteiger partial charge in [-0.2, -0.15) is 0 Å². The van der Waals surface area contributed by atoms with Gasteiger partial charge >= 0.3 is 0 Å². The van der Waals surface area contributed by atoms with Crippen LogP contribution in [0.15, 0.2) is 18.3 Å². The molecule has 3 nitrogen and oxygen atoms in total. The fourth-order valence-corrected chi connectivity index (χ4v) is 3.87. The van der Waals surface area contributed by atoms with Crippen molar-refractivity contribution >= 4 is 5.82 Å². The maximum atomic E-state index is 5.88. The Bertz CT molecular complexity index is 422. The van der Waals surface area contributed by atoms with Gasteiger partial charge in [0.05, 0.1) is 0 Å². The SMILES string of the molecule is C[C@@H](N)c1ccc(N2CCC3(CCCCC3)CC2)nc1. The molecule has 3 heteroatoms. The van der Waals surface area contributed by atoms with Gasteiger partial charge in [-0.1, -0.05) is 25.3 Å². The van der Waals surface area contributed by atoms with E-state index in [4.69, 9.17) is 5.73 Å². The van der Waals surface area contributed by atoms with Gasteiger partial charge in [-0.15, -0.1) is 0 Å². The van der Waals surface area contributed by atoms with Gasteiger partial charge in [-0.05, 0) is 49.7 Å². The summed E-state index contributed by atoms with van der Waals surface area (Å²) in [5.74, 6) is 1.13. The highest BCUT2D eigenvalue weighted by Gasteiger charge is 2.35. The molecule has 110 valence electrons. The second-order valence-corrected chi connectivity index (χ2v) is 6.79. The van der Waals surface area contributed by atoms with Crippen molar-refractivity contribution < 1.29 is 0 Å². The van der Waals surface area contributed by atoms with Gasteiger partial charge in [0.25, 0.3) is 0 Å². The number of aromatic nitrogens is 1. The molecule has 1 aliphatic heterocycles. The van der Waals surface area contributed by atoms with Crippen LogP contribution >= 0.6 is 0 Å². The van der Waals surface area contributed by atoms with Gasteiger partial charge in [0.2, 0.25) is 0 Å². The molecule has 2 N–H and O–H groups in total. The van der Waals surface area contributed by atoms with Crippen molar-refractivity contribution in [3.8, 4) is 0 Å². The minimum absolute atomic E-state index is 0.0726. The maximum Gasteiger partial charge on any atom is 0.128 e. The van der Waals surface area contributed by atoms with Gasteiger partial charge in [-0.25, -0.2) is 4.98 Å². The second-order valence-electron chi connectivity index (χ2n) is 6.79. The molecule has 2 aliphatic rings. The van der Waals surface area contributed by atoms with Crippen molar-refractivity contribution in [3.05, 3.63) is 23.9 Å². The lowest BCUT2D eigenvalue weighted by Gasteiger charge is -2.44. The Hall–Kier alpha value is -1.09. The van der Waals surface area contributed by atoms with E-state index in [1.807, 2.05) is 13.1 Å². The molecule has 1 aliphatic carbocycles. The Morgan fingerprint density at radius 1 is 1.10 bits per heavy atom. The summed E-state index contributed by atoms with van der Waals surface area (Å²) >= 11 is 0. The summed E-state index contributed by atoms with van der Waals surface area (Å²) in [5, 5.41) is 0. The molecule has 1 spiro atoms. The molecule has 1 aromatic rings. The predicted molar refractivity (Wildman–Crippen MR) is 83.8 cm³/mol. The van der Waals surface area contributed by atoms with E-state index in [1.54, 1.807) is 0 Å². The quantitative estimate of drug-likeness (QED) is 0.894. The van der Waals surface area contributed by atoms with Crippen molar-refractivity contribution in [2.24, 2.45) is 11.1 Å². The van der Waals surface area contributed by atoms with Crippen molar-refractivity contribution in [3.63, 3.8) is 0 Å². The van der Waals surface area contributed by atoms with Crippen LogP contribution in [0.4, 0.5) is 5.82 Å². The van der Waals surface area contributed by atoms with E-state index < -0.39 is 0 Å². The Morgan fingerprint density at radius 2 is 1.80 bits per heavy atom. The van der Waals surface area contributed by atoms with Gasteiger partial charge < -0.3 is 10.6 Å². The number of nitrogens with zero attached hydrogens (tertiary/aromatic N) is 2. The molecule has 0 unspecified atom stereocenters. The highest BCUT2D eigenvalue weighted by atomic mass is 15.2. The highest BCUT2D eigenvalue weighted by Crippen LogP contribution is 2.44. The topological polar surface area (TPSA) is 42.1 Å². The Balaban J connectivity index is 1.62. The third-order valence-corrected chi connectivity index (χ3v) is 5.36. The predicted octanol–water partition coefficient (Wildman–Crippen LogP) is 3.65. The average molecular weight is 273 g/mol. The van der Waals surface area contributed by atoms with Crippen LogP contribution in [0.5, 0.6) is 0 Å². The van der Waals surface area contributed by atoms with Crippen LogP contribution in [-0.4, -0.2) is 18.1 Å². The number of anilines is 1. The molecule has 1 aromatic heterocycles. The van der Waals surface area contributed by atoms with Crippen LogP contribution in [-0.2, 0) is 0 Å². The summed E-state index contributed by atoms with van der Waals surface area (Å²) in [4.78, 5) is 7.05. The number of nitrogens with two attached hydrogens (primary N) is 1. The first-order valence-corrected chi connectivity index (χ1v) is 8.15. The molecule has 2 heterocycles.